The molecule has 2 rings (SSSR count). The van der Waals surface area contributed by atoms with Crippen molar-refractivity contribution in [2.45, 2.75) is 13.8 Å². The number of hydrogen-bond donors (Lipinski definition) is 1. The molecule has 4 nitrogen and oxygen atoms in total. The number of aromatic nitrogens is 1. The molecule has 0 spiro atoms. The highest BCUT2D eigenvalue weighted by atomic mass is 35.5. The second-order valence-corrected chi connectivity index (χ2v) is 4.58. The van der Waals surface area contributed by atoms with E-state index in [2.05, 4.69) is 10.3 Å². The molecule has 0 saturated carbocycles. The van der Waals surface area contributed by atoms with Gasteiger partial charge in [0.2, 0.25) is 0 Å². The van der Waals surface area contributed by atoms with E-state index in [-0.39, 0.29) is 11.3 Å². The summed E-state index contributed by atoms with van der Waals surface area (Å²) in [6, 6.07) is 5.07. The van der Waals surface area contributed by atoms with E-state index in [1.165, 1.54) is 0 Å². The number of hydrogen-bond acceptors (Lipinski definition) is 3. The summed E-state index contributed by atoms with van der Waals surface area (Å²) in [5, 5.41) is 2.92. The van der Waals surface area contributed by atoms with Gasteiger partial charge in [0, 0.05) is 12.1 Å². The zero-order valence-corrected chi connectivity index (χ0v) is 10.4. The Morgan fingerprint density at radius 3 is 3.00 bits per heavy atom. The van der Waals surface area contributed by atoms with E-state index < -0.39 is 0 Å². The minimum Gasteiger partial charge on any atom is -0.428 e. The van der Waals surface area contributed by atoms with Crippen LogP contribution in [0.1, 0.15) is 24.2 Å². The largest absolute Gasteiger partial charge is 0.428 e. The number of carbonyl (C=O) groups excluding carboxylic acids is 1. The van der Waals surface area contributed by atoms with E-state index in [9.17, 15) is 4.79 Å². The van der Waals surface area contributed by atoms with Gasteiger partial charge in [0.05, 0.1) is 0 Å². The monoisotopic (exact) mass is 252 g/mol. The van der Waals surface area contributed by atoms with Crippen molar-refractivity contribution in [3.8, 4) is 0 Å². The van der Waals surface area contributed by atoms with Gasteiger partial charge in [-0.15, -0.1) is 0 Å². The Morgan fingerprint density at radius 1 is 1.53 bits per heavy atom. The maximum absolute atomic E-state index is 11.8. The van der Waals surface area contributed by atoms with Crippen LogP contribution >= 0.6 is 11.6 Å². The summed E-state index contributed by atoms with van der Waals surface area (Å²) in [6.07, 6.45) is 0. The molecule has 0 radical (unpaired) electrons. The van der Waals surface area contributed by atoms with Crippen LogP contribution in [0.5, 0.6) is 0 Å². The van der Waals surface area contributed by atoms with Crippen LogP contribution in [0.15, 0.2) is 22.6 Å². The molecule has 0 unspecified atom stereocenters. The summed E-state index contributed by atoms with van der Waals surface area (Å²) < 4.78 is 5.16. The summed E-state index contributed by atoms with van der Waals surface area (Å²) in [6.45, 7) is 4.73. The molecule has 90 valence electrons. The van der Waals surface area contributed by atoms with Crippen molar-refractivity contribution in [2.75, 3.05) is 6.54 Å². The molecule has 0 bridgehead atoms. The summed E-state index contributed by atoms with van der Waals surface area (Å²) in [5.74, 6) is 0.301. The lowest BCUT2D eigenvalue weighted by Crippen LogP contribution is -2.27. The van der Waals surface area contributed by atoms with Crippen LogP contribution in [-0.4, -0.2) is 17.4 Å². The standard InChI is InChI=1S/C12H13ClN2O2/c1-7(2)6-14-11(16)8-3-4-9-10(5-8)17-12(13)15-9/h3-5,7H,6H2,1-2H3,(H,14,16). The minimum atomic E-state index is -0.117. The second kappa shape index (κ2) is 4.75. The van der Waals surface area contributed by atoms with Crippen LogP contribution in [0.3, 0.4) is 0 Å². The predicted molar refractivity (Wildman–Crippen MR) is 66.2 cm³/mol. The van der Waals surface area contributed by atoms with Gasteiger partial charge in [-0.25, -0.2) is 0 Å². The van der Waals surface area contributed by atoms with Crippen molar-refractivity contribution in [1.29, 1.82) is 0 Å². The molecule has 5 heteroatoms. The molecule has 0 atom stereocenters. The number of nitrogens with one attached hydrogen (secondary N) is 1. The molecule has 2 aromatic rings. The minimum absolute atomic E-state index is 0.0831. The molecule has 0 aliphatic rings. The van der Waals surface area contributed by atoms with Crippen molar-refractivity contribution < 1.29 is 9.21 Å². The van der Waals surface area contributed by atoms with Crippen molar-refractivity contribution in [3.05, 3.63) is 29.1 Å². The van der Waals surface area contributed by atoms with Crippen molar-refractivity contribution in [2.24, 2.45) is 5.92 Å². The molecule has 1 heterocycles. The number of halogens is 1. The van der Waals surface area contributed by atoms with Gasteiger partial charge in [-0.2, -0.15) is 4.98 Å². The van der Waals surface area contributed by atoms with Crippen molar-refractivity contribution in [1.82, 2.24) is 10.3 Å². The Morgan fingerprint density at radius 2 is 2.29 bits per heavy atom. The highest BCUT2D eigenvalue weighted by molar-refractivity contribution is 6.28. The third-order valence-electron chi connectivity index (χ3n) is 2.30. The van der Waals surface area contributed by atoms with Crippen LogP contribution in [0.4, 0.5) is 0 Å². The first-order valence-electron chi connectivity index (χ1n) is 5.40. The molecule has 1 aromatic heterocycles. The average Bonchev–Trinajstić information content (AvgIpc) is 2.64. The van der Waals surface area contributed by atoms with Crippen LogP contribution < -0.4 is 5.32 Å². The molecule has 17 heavy (non-hydrogen) atoms. The normalized spacial score (nSPS) is 11.1. The number of amides is 1. The van der Waals surface area contributed by atoms with E-state index in [0.717, 1.165) is 0 Å². The molecule has 0 aliphatic heterocycles. The Labute approximate surface area is 104 Å². The molecular formula is C12H13ClN2O2. The van der Waals surface area contributed by atoms with Crippen molar-refractivity contribution >= 4 is 28.6 Å². The summed E-state index contributed by atoms with van der Waals surface area (Å²) >= 11 is 5.64. The maximum atomic E-state index is 11.8. The Kier molecular flexibility index (Phi) is 3.33. The van der Waals surface area contributed by atoms with Gasteiger partial charge < -0.3 is 9.73 Å². The number of fused-ring (bicyclic) bond motifs is 1. The molecular weight excluding hydrogens is 240 g/mol. The first kappa shape index (κ1) is 11.9. The molecule has 1 aromatic carbocycles. The van der Waals surface area contributed by atoms with Crippen LogP contribution in [-0.2, 0) is 0 Å². The molecule has 0 aliphatic carbocycles. The lowest BCUT2D eigenvalue weighted by atomic mass is 10.1. The van der Waals surface area contributed by atoms with Gasteiger partial charge in [0.25, 0.3) is 11.3 Å². The smallest absolute Gasteiger partial charge is 0.293 e. The SMILES string of the molecule is CC(C)CNC(=O)c1ccc2nc(Cl)oc2c1. The van der Waals surface area contributed by atoms with Crippen molar-refractivity contribution in [3.63, 3.8) is 0 Å². The van der Waals surface area contributed by atoms with E-state index in [0.29, 0.717) is 29.1 Å². The number of rotatable bonds is 3. The summed E-state index contributed by atoms with van der Waals surface area (Å²) in [4.78, 5) is 15.7. The number of carbonyl (C=O) groups is 1. The zero-order chi connectivity index (χ0) is 12.4. The fraction of sp³-hybridized carbons (Fsp3) is 0.333. The van der Waals surface area contributed by atoms with Gasteiger partial charge in [-0.3, -0.25) is 4.79 Å². The fourth-order valence-electron chi connectivity index (χ4n) is 1.44. The zero-order valence-electron chi connectivity index (χ0n) is 9.66. The molecule has 0 saturated heterocycles. The number of nitrogens with zero attached hydrogens (tertiary/aromatic N) is 1. The Balaban J connectivity index is 2.20. The Bertz CT molecular complexity index is 548. The number of oxazole rings is 1. The third-order valence-corrected chi connectivity index (χ3v) is 2.46. The van der Waals surface area contributed by atoms with E-state index in [4.69, 9.17) is 16.0 Å². The highest BCUT2D eigenvalue weighted by Gasteiger charge is 2.09. The summed E-state index contributed by atoms with van der Waals surface area (Å²) in [5.41, 5.74) is 1.72. The lowest BCUT2D eigenvalue weighted by Gasteiger charge is -2.07. The molecule has 1 N–H and O–H groups in total. The number of benzene rings is 1. The van der Waals surface area contributed by atoms with Gasteiger partial charge in [-0.1, -0.05) is 13.8 Å². The lowest BCUT2D eigenvalue weighted by molar-refractivity contribution is 0.0949. The third kappa shape index (κ3) is 2.77. The average molecular weight is 253 g/mol. The predicted octanol–water partition coefficient (Wildman–Crippen LogP) is 2.87. The first-order chi connectivity index (χ1) is 8.06. The second-order valence-electron chi connectivity index (χ2n) is 4.25. The van der Waals surface area contributed by atoms with Gasteiger partial charge in [0.1, 0.15) is 5.52 Å². The first-order valence-corrected chi connectivity index (χ1v) is 5.78. The van der Waals surface area contributed by atoms with E-state index in [1.807, 2.05) is 13.8 Å². The maximum Gasteiger partial charge on any atom is 0.293 e. The van der Waals surface area contributed by atoms with E-state index >= 15 is 0 Å². The van der Waals surface area contributed by atoms with Gasteiger partial charge in [-0.05, 0) is 35.7 Å². The van der Waals surface area contributed by atoms with Crippen LogP contribution in [0.2, 0.25) is 5.35 Å². The quantitative estimate of drug-likeness (QED) is 0.914. The topological polar surface area (TPSA) is 55.1 Å². The van der Waals surface area contributed by atoms with E-state index in [1.54, 1.807) is 18.2 Å². The Hall–Kier alpha value is -1.55. The highest BCUT2D eigenvalue weighted by Crippen LogP contribution is 2.19. The fourth-order valence-corrected chi connectivity index (χ4v) is 1.61. The van der Waals surface area contributed by atoms with Crippen LogP contribution in [0.25, 0.3) is 11.1 Å². The summed E-state index contributed by atoms with van der Waals surface area (Å²) in [7, 11) is 0. The van der Waals surface area contributed by atoms with Gasteiger partial charge >= 0.3 is 0 Å². The molecule has 1 amide bonds. The molecule has 0 fully saturated rings. The van der Waals surface area contributed by atoms with Crippen LogP contribution in [0, 0.1) is 5.92 Å². The van der Waals surface area contributed by atoms with Gasteiger partial charge in [0.15, 0.2) is 5.58 Å².